The number of carbonyl (C=O) groups excluding carboxylic acids is 3. The van der Waals surface area contributed by atoms with Gasteiger partial charge in [-0.1, -0.05) is 24.3 Å². The number of nitrogens with zero attached hydrogens (tertiary/aromatic N) is 3. The van der Waals surface area contributed by atoms with E-state index in [0.29, 0.717) is 12.1 Å². The van der Waals surface area contributed by atoms with E-state index in [1.54, 1.807) is 14.1 Å². The molecule has 2 aromatic rings. The van der Waals surface area contributed by atoms with Crippen LogP contribution < -0.4 is 10.2 Å². The minimum Gasteiger partial charge on any atom is -0.391 e. The van der Waals surface area contributed by atoms with Crippen molar-refractivity contribution in [2.45, 2.75) is 51.3 Å². The first-order chi connectivity index (χ1) is 16.8. The molecule has 4 rings (SSSR count). The monoisotopic (exact) mass is 478 g/mol. The van der Waals surface area contributed by atoms with E-state index in [9.17, 15) is 19.5 Å². The Balaban J connectivity index is 1.44. The molecule has 8 nitrogen and oxygen atoms in total. The van der Waals surface area contributed by atoms with Crippen molar-refractivity contribution in [1.82, 2.24) is 15.1 Å². The maximum absolute atomic E-state index is 13.4. The number of β-amino-alcohol motifs (C(OH)–C–C–N with tert-alkyl or cyclic N) is 1. The summed E-state index contributed by atoms with van der Waals surface area (Å²) in [4.78, 5) is 43.3. The Labute approximate surface area is 206 Å². The Morgan fingerprint density at radius 1 is 1.11 bits per heavy atom. The number of carbonyl (C=O) groups is 3. The van der Waals surface area contributed by atoms with Crippen LogP contribution in [0.15, 0.2) is 42.5 Å². The molecular weight excluding hydrogens is 444 g/mol. The summed E-state index contributed by atoms with van der Waals surface area (Å²) in [5, 5.41) is 12.9. The van der Waals surface area contributed by atoms with Crippen LogP contribution in [0.2, 0.25) is 0 Å². The molecule has 1 saturated heterocycles. The van der Waals surface area contributed by atoms with E-state index in [0.717, 1.165) is 36.1 Å². The number of likely N-dealkylation sites (N-methyl/N-ethyl adjacent to an activating group) is 1. The number of nitrogens with one attached hydrogen (secondary N) is 1. The fourth-order valence-electron chi connectivity index (χ4n) is 4.93. The molecule has 0 spiro atoms. The van der Waals surface area contributed by atoms with E-state index < -0.39 is 12.1 Å². The number of fused-ring (bicyclic) bond motifs is 1. The second-order valence-electron chi connectivity index (χ2n) is 9.63. The third kappa shape index (κ3) is 5.32. The van der Waals surface area contributed by atoms with Gasteiger partial charge in [0.2, 0.25) is 5.91 Å². The zero-order valence-corrected chi connectivity index (χ0v) is 20.7. The van der Waals surface area contributed by atoms with Crippen LogP contribution in [0.25, 0.3) is 0 Å². The molecule has 2 N–H and O–H groups in total. The minimum absolute atomic E-state index is 0.0193. The van der Waals surface area contributed by atoms with Gasteiger partial charge in [0.05, 0.1) is 6.10 Å². The van der Waals surface area contributed by atoms with Gasteiger partial charge >= 0.3 is 6.03 Å². The zero-order valence-electron chi connectivity index (χ0n) is 20.7. The lowest BCUT2D eigenvalue weighted by Gasteiger charge is -2.26. The van der Waals surface area contributed by atoms with Gasteiger partial charge in [-0.05, 0) is 61.1 Å². The average molecular weight is 479 g/mol. The molecular formula is C27H34N4O4. The quantitative estimate of drug-likeness (QED) is 0.707. The Morgan fingerprint density at radius 2 is 1.89 bits per heavy atom. The van der Waals surface area contributed by atoms with Gasteiger partial charge in [-0.15, -0.1) is 0 Å². The van der Waals surface area contributed by atoms with Gasteiger partial charge in [-0.25, -0.2) is 4.79 Å². The lowest BCUT2D eigenvalue weighted by Crippen LogP contribution is -2.49. The van der Waals surface area contributed by atoms with E-state index >= 15 is 0 Å². The molecule has 0 radical (unpaired) electrons. The molecule has 4 amide bonds. The van der Waals surface area contributed by atoms with E-state index in [-0.39, 0.29) is 37.4 Å². The maximum Gasteiger partial charge on any atom is 0.318 e. The number of hydrogen-bond donors (Lipinski definition) is 2. The van der Waals surface area contributed by atoms with Gasteiger partial charge < -0.3 is 25.1 Å². The first kappa shape index (κ1) is 24.7. The predicted molar refractivity (Wildman–Crippen MR) is 134 cm³/mol. The molecule has 2 heterocycles. The van der Waals surface area contributed by atoms with Crippen LogP contribution in [0, 0.1) is 6.92 Å². The summed E-state index contributed by atoms with van der Waals surface area (Å²) in [6.45, 7) is 3.01. The van der Waals surface area contributed by atoms with Gasteiger partial charge in [0.1, 0.15) is 6.04 Å². The highest BCUT2D eigenvalue weighted by molar-refractivity contribution is 6.06. The topological polar surface area (TPSA) is 93.2 Å². The van der Waals surface area contributed by atoms with Crippen LogP contribution in [-0.4, -0.2) is 72.1 Å². The molecule has 2 atom stereocenters. The summed E-state index contributed by atoms with van der Waals surface area (Å²) < 4.78 is 0. The van der Waals surface area contributed by atoms with E-state index in [4.69, 9.17) is 0 Å². The molecule has 0 aromatic heterocycles. The number of amides is 4. The highest BCUT2D eigenvalue weighted by Crippen LogP contribution is 2.28. The Hall–Kier alpha value is -3.39. The van der Waals surface area contributed by atoms with Crippen molar-refractivity contribution in [3.63, 3.8) is 0 Å². The number of likely N-dealkylation sites (tertiary alicyclic amines) is 1. The predicted octanol–water partition coefficient (Wildman–Crippen LogP) is 2.71. The van der Waals surface area contributed by atoms with Gasteiger partial charge in [0, 0.05) is 51.4 Å². The van der Waals surface area contributed by atoms with Crippen molar-refractivity contribution >= 4 is 23.5 Å². The molecule has 0 bridgehead atoms. The number of benzene rings is 2. The Morgan fingerprint density at radius 3 is 2.63 bits per heavy atom. The summed E-state index contributed by atoms with van der Waals surface area (Å²) in [6, 6.07) is 12.6. The van der Waals surface area contributed by atoms with Crippen LogP contribution in [0.1, 0.15) is 46.3 Å². The van der Waals surface area contributed by atoms with Gasteiger partial charge in [0.25, 0.3) is 5.91 Å². The molecule has 1 fully saturated rings. The summed E-state index contributed by atoms with van der Waals surface area (Å²) in [6.07, 6.45) is 2.53. The molecule has 8 heteroatoms. The van der Waals surface area contributed by atoms with Crippen molar-refractivity contribution in [3.8, 4) is 0 Å². The van der Waals surface area contributed by atoms with Crippen LogP contribution in [0.3, 0.4) is 0 Å². The summed E-state index contributed by atoms with van der Waals surface area (Å²) in [7, 11) is 3.28. The number of aliphatic hydroxyl groups is 1. The van der Waals surface area contributed by atoms with E-state index in [1.165, 1.54) is 15.4 Å². The molecule has 2 aliphatic heterocycles. The SMILES string of the molecule is Cc1cc(C(=O)N2CCCCc3ccccc32)ccc1CNC(=O)N1CC(O)CC1C(=O)N(C)C. The first-order valence-electron chi connectivity index (χ1n) is 12.2. The van der Waals surface area contributed by atoms with Crippen molar-refractivity contribution in [3.05, 3.63) is 64.7 Å². The normalized spacial score (nSPS) is 19.7. The fraction of sp³-hybridized carbons (Fsp3) is 0.444. The van der Waals surface area contributed by atoms with Gasteiger partial charge in [-0.3, -0.25) is 9.59 Å². The molecule has 2 aliphatic rings. The summed E-state index contributed by atoms with van der Waals surface area (Å²) in [5.74, 6) is -0.222. The molecule has 186 valence electrons. The molecule has 35 heavy (non-hydrogen) atoms. The molecule has 2 aromatic carbocycles. The smallest absolute Gasteiger partial charge is 0.318 e. The molecule has 0 saturated carbocycles. The number of aliphatic hydroxyl groups excluding tert-OH is 1. The number of urea groups is 1. The molecule has 2 unspecified atom stereocenters. The van der Waals surface area contributed by atoms with Gasteiger partial charge in [-0.2, -0.15) is 0 Å². The third-order valence-corrected chi connectivity index (χ3v) is 6.89. The maximum atomic E-state index is 13.4. The van der Waals surface area contributed by atoms with Crippen molar-refractivity contribution < 1.29 is 19.5 Å². The van der Waals surface area contributed by atoms with E-state index in [1.807, 2.05) is 48.2 Å². The summed E-state index contributed by atoms with van der Waals surface area (Å²) in [5.41, 5.74) is 4.60. The minimum atomic E-state index is -0.717. The van der Waals surface area contributed by atoms with E-state index in [2.05, 4.69) is 11.4 Å². The second-order valence-corrected chi connectivity index (χ2v) is 9.63. The van der Waals surface area contributed by atoms with Crippen LogP contribution >= 0.6 is 0 Å². The Bertz CT molecular complexity index is 1120. The third-order valence-electron chi connectivity index (χ3n) is 6.89. The fourth-order valence-corrected chi connectivity index (χ4v) is 4.93. The summed E-state index contributed by atoms with van der Waals surface area (Å²) >= 11 is 0. The lowest BCUT2D eigenvalue weighted by atomic mass is 10.0. The number of para-hydroxylation sites is 1. The molecule has 0 aliphatic carbocycles. The van der Waals surface area contributed by atoms with Crippen molar-refractivity contribution in [2.75, 3.05) is 32.1 Å². The standard InChI is InChI=1S/C27H34N4O4/c1-18-14-20(25(33)30-13-7-6-9-19-8-4-5-10-23(19)30)11-12-21(18)16-28-27(35)31-17-22(32)15-24(31)26(34)29(2)3/h4-5,8,10-12,14,22,24,32H,6-7,9,13,15-17H2,1-3H3,(H,28,35). The number of hydrogen-bond acceptors (Lipinski definition) is 4. The largest absolute Gasteiger partial charge is 0.391 e. The van der Waals surface area contributed by atoms with Crippen LogP contribution in [0.4, 0.5) is 10.5 Å². The average Bonchev–Trinajstić information content (AvgIpc) is 3.10. The highest BCUT2D eigenvalue weighted by atomic mass is 16.3. The highest BCUT2D eigenvalue weighted by Gasteiger charge is 2.39. The zero-order chi connectivity index (χ0) is 25.1. The van der Waals surface area contributed by atoms with Crippen LogP contribution in [0.5, 0.6) is 0 Å². The van der Waals surface area contributed by atoms with Crippen molar-refractivity contribution in [1.29, 1.82) is 0 Å². The van der Waals surface area contributed by atoms with Gasteiger partial charge in [0.15, 0.2) is 0 Å². The number of aryl methyl sites for hydroxylation is 2. The second kappa shape index (κ2) is 10.5. The lowest BCUT2D eigenvalue weighted by molar-refractivity contribution is -0.132. The number of anilines is 1. The first-order valence-corrected chi connectivity index (χ1v) is 12.2. The van der Waals surface area contributed by atoms with Crippen LogP contribution in [-0.2, 0) is 17.8 Å². The number of rotatable bonds is 4. The Kier molecular flexibility index (Phi) is 7.40. The van der Waals surface area contributed by atoms with Crippen molar-refractivity contribution in [2.24, 2.45) is 0 Å².